The number of carbonyl (C=O) groups excluding carboxylic acids is 1. The molecule has 3 aromatic rings. The van der Waals surface area contributed by atoms with E-state index < -0.39 is 0 Å². The maximum atomic E-state index is 13.1. The van der Waals surface area contributed by atoms with Crippen molar-refractivity contribution >= 4 is 11.6 Å². The van der Waals surface area contributed by atoms with Crippen LogP contribution in [0, 0.1) is 5.82 Å². The summed E-state index contributed by atoms with van der Waals surface area (Å²) in [5, 5.41) is 12.4. The summed E-state index contributed by atoms with van der Waals surface area (Å²) < 4.78 is 13.1. The molecule has 1 aliphatic rings. The molecule has 2 aromatic carbocycles. The van der Waals surface area contributed by atoms with Crippen molar-refractivity contribution in [2.75, 3.05) is 31.1 Å². The molecular weight excluding hydrogens is 371 g/mol. The molecule has 4 rings (SSSR count). The average molecular weight is 394 g/mol. The number of rotatable bonds is 5. The summed E-state index contributed by atoms with van der Waals surface area (Å²) in [6.45, 7) is 4.80. The summed E-state index contributed by atoms with van der Waals surface area (Å²) in [6.07, 6.45) is 0.976. The van der Waals surface area contributed by atoms with Gasteiger partial charge in [0, 0.05) is 37.4 Å². The monoisotopic (exact) mass is 394 g/mol. The van der Waals surface area contributed by atoms with Crippen LogP contribution >= 0.6 is 0 Å². The molecule has 1 saturated heterocycles. The topological polar surface area (TPSA) is 67.2 Å². The maximum Gasteiger partial charge on any atom is 0.246 e. The Morgan fingerprint density at radius 2 is 1.69 bits per heavy atom. The van der Waals surface area contributed by atoms with Gasteiger partial charge in [-0.15, -0.1) is 10.2 Å². The van der Waals surface area contributed by atoms with Gasteiger partial charge in [0.25, 0.3) is 0 Å². The first-order valence-electron chi connectivity index (χ1n) is 9.78. The molecule has 0 saturated carbocycles. The van der Waals surface area contributed by atoms with E-state index in [2.05, 4.69) is 27.2 Å². The Morgan fingerprint density at radius 3 is 2.34 bits per heavy atom. The van der Waals surface area contributed by atoms with Gasteiger partial charge in [-0.05, 0) is 41.5 Å². The van der Waals surface area contributed by atoms with Crippen molar-refractivity contribution in [1.29, 1.82) is 0 Å². The second-order valence-electron chi connectivity index (χ2n) is 7.04. The molecule has 0 unspecified atom stereocenters. The van der Waals surface area contributed by atoms with E-state index in [9.17, 15) is 9.18 Å². The molecule has 29 heavy (non-hydrogen) atoms. The van der Waals surface area contributed by atoms with Crippen LogP contribution in [0.4, 0.5) is 10.1 Å². The van der Waals surface area contributed by atoms with Crippen LogP contribution in [-0.2, 0) is 17.8 Å². The molecule has 0 aliphatic carbocycles. The Bertz CT molecular complexity index is 962. The molecule has 1 amide bonds. The highest BCUT2D eigenvalue weighted by Crippen LogP contribution is 2.17. The highest BCUT2D eigenvalue weighted by atomic mass is 19.1. The zero-order chi connectivity index (χ0) is 20.2. The summed E-state index contributed by atoms with van der Waals surface area (Å²) in [5.74, 6) is 0.235. The van der Waals surface area contributed by atoms with E-state index in [0.717, 1.165) is 17.7 Å². The third kappa shape index (κ3) is 4.42. The lowest BCUT2D eigenvalue weighted by Gasteiger charge is -2.36. The number of anilines is 1. The molecule has 0 bridgehead atoms. The van der Waals surface area contributed by atoms with E-state index in [1.807, 2.05) is 24.3 Å². The minimum absolute atomic E-state index is 0.0333. The van der Waals surface area contributed by atoms with Crippen LogP contribution < -0.4 is 4.90 Å². The number of hydrogen-bond donors (Lipinski definition) is 0. The molecular formula is C21H23FN6O. The number of halogens is 1. The van der Waals surface area contributed by atoms with Crippen molar-refractivity contribution in [3.63, 3.8) is 0 Å². The van der Waals surface area contributed by atoms with E-state index in [0.29, 0.717) is 32.0 Å². The summed E-state index contributed by atoms with van der Waals surface area (Å²) in [6, 6.07) is 14.5. The second-order valence-corrected chi connectivity index (χ2v) is 7.04. The minimum Gasteiger partial charge on any atom is -0.368 e. The predicted molar refractivity (Wildman–Crippen MR) is 108 cm³/mol. The largest absolute Gasteiger partial charge is 0.368 e. The Hall–Kier alpha value is -3.29. The smallest absolute Gasteiger partial charge is 0.246 e. The van der Waals surface area contributed by atoms with E-state index in [-0.39, 0.29) is 18.3 Å². The number of aryl methyl sites for hydroxylation is 1. The van der Waals surface area contributed by atoms with Gasteiger partial charge in [-0.2, -0.15) is 4.80 Å². The molecule has 8 heteroatoms. The van der Waals surface area contributed by atoms with Crippen LogP contribution in [0.15, 0.2) is 48.5 Å². The third-order valence-electron chi connectivity index (χ3n) is 5.17. The quantitative estimate of drug-likeness (QED) is 0.665. The highest BCUT2D eigenvalue weighted by Gasteiger charge is 2.22. The van der Waals surface area contributed by atoms with E-state index in [1.165, 1.54) is 22.5 Å². The van der Waals surface area contributed by atoms with Crippen LogP contribution in [0.3, 0.4) is 0 Å². The van der Waals surface area contributed by atoms with E-state index in [4.69, 9.17) is 0 Å². The summed E-state index contributed by atoms with van der Waals surface area (Å²) in [7, 11) is 0. The lowest BCUT2D eigenvalue weighted by molar-refractivity contribution is -0.132. The molecule has 7 nitrogen and oxygen atoms in total. The van der Waals surface area contributed by atoms with Gasteiger partial charge >= 0.3 is 0 Å². The molecule has 2 heterocycles. The van der Waals surface area contributed by atoms with Crippen LogP contribution in [0.5, 0.6) is 0 Å². The lowest BCUT2D eigenvalue weighted by atomic mass is 10.1. The number of carbonyl (C=O) groups is 1. The number of aromatic nitrogens is 4. The zero-order valence-corrected chi connectivity index (χ0v) is 16.3. The van der Waals surface area contributed by atoms with Crippen LogP contribution in [0.2, 0.25) is 0 Å². The molecule has 0 N–H and O–H groups in total. The van der Waals surface area contributed by atoms with Gasteiger partial charge in [-0.25, -0.2) is 4.39 Å². The second kappa shape index (κ2) is 8.38. The number of piperazine rings is 1. The van der Waals surface area contributed by atoms with Gasteiger partial charge in [0.05, 0.1) is 0 Å². The summed E-state index contributed by atoms with van der Waals surface area (Å²) in [4.78, 5) is 17.9. The fraction of sp³-hybridized carbons (Fsp3) is 0.333. The molecule has 0 spiro atoms. The van der Waals surface area contributed by atoms with Gasteiger partial charge in [0.2, 0.25) is 11.7 Å². The SMILES string of the molecule is CCc1ccc(-c2nnn(CC(=O)N3CCN(c4ccc(F)cc4)CC3)n2)cc1. The fourth-order valence-corrected chi connectivity index (χ4v) is 3.40. The summed E-state index contributed by atoms with van der Waals surface area (Å²) >= 11 is 0. The first-order chi connectivity index (χ1) is 14.1. The van der Waals surface area contributed by atoms with Crippen molar-refractivity contribution in [1.82, 2.24) is 25.1 Å². The van der Waals surface area contributed by atoms with Crippen molar-refractivity contribution in [3.05, 3.63) is 59.9 Å². The van der Waals surface area contributed by atoms with Gasteiger partial charge in [0.15, 0.2) is 0 Å². The number of nitrogens with zero attached hydrogens (tertiary/aromatic N) is 6. The summed E-state index contributed by atoms with van der Waals surface area (Å²) in [5.41, 5.74) is 3.10. The van der Waals surface area contributed by atoms with Crippen molar-refractivity contribution in [3.8, 4) is 11.4 Å². The lowest BCUT2D eigenvalue weighted by Crippen LogP contribution is -2.49. The third-order valence-corrected chi connectivity index (χ3v) is 5.17. The number of hydrogen-bond acceptors (Lipinski definition) is 5. The Morgan fingerprint density at radius 1 is 1.00 bits per heavy atom. The molecule has 0 radical (unpaired) electrons. The Balaban J connectivity index is 1.33. The number of tetrazole rings is 1. The first kappa shape index (κ1) is 19.0. The van der Waals surface area contributed by atoms with Crippen molar-refractivity contribution in [2.24, 2.45) is 0 Å². The molecule has 150 valence electrons. The number of amides is 1. The Labute approximate surface area is 168 Å². The molecule has 1 aromatic heterocycles. The highest BCUT2D eigenvalue weighted by molar-refractivity contribution is 5.76. The predicted octanol–water partition coefficient (Wildman–Crippen LogP) is 2.39. The maximum absolute atomic E-state index is 13.1. The zero-order valence-electron chi connectivity index (χ0n) is 16.3. The molecule has 1 aliphatic heterocycles. The molecule has 1 fully saturated rings. The fourth-order valence-electron chi connectivity index (χ4n) is 3.40. The van der Waals surface area contributed by atoms with Gasteiger partial charge in [-0.1, -0.05) is 31.2 Å². The van der Waals surface area contributed by atoms with Crippen LogP contribution in [0.25, 0.3) is 11.4 Å². The molecule has 0 atom stereocenters. The van der Waals surface area contributed by atoms with E-state index >= 15 is 0 Å². The number of benzene rings is 2. The van der Waals surface area contributed by atoms with Crippen LogP contribution in [0.1, 0.15) is 12.5 Å². The van der Waals surface area contributed by atoms with Crippen molar-refractivity contribution < 1.29 is 9.18 Å². The van der Waals surface area contributed by atoms with Gasteiger partial charge < -0.3 is 9.80 Å². The van der Waals surface area contributed by atoms with Crippen molar-refractivity contribution in [2.45, 2.75) is 19.9 Å². The normalized spacial score (nSPS) is 14.3. The minimum atomic E-state index is -0.247. The van der Waals surface area contributed by atoms with Crippen LogP contribution in [-0.4, -0.2) is 57.2 Å². The van der Waals surface area contributed by atoms with Gasteiger partial charge in [0.1, 0.15) is 12.4 Å². The Kier molecular flexibility index (Phi) is 5.50. The standard InChI is InChI=1S/C21H23FN6O/c1-2-16-3-5-17(6-4-16)21-23-25-28(24-21)15-20(29)27-13-11-26(12-14-27)19-9-7-18(22)8-10-19/h3-10H,2,11-15H2,1H3. The average Bonchev–Trinajstić information content (AvgIpc) is 3.23. The first-order valence-corrected chi connectivity index (χ1v) is 9.78. The van der Waals surface area contributed by atoms with E-state index in [1.54, 1.807) is 17.0 Å². The van der Waals surface area contributed by atoms with Gasteiger partial charge in [-0.3, -0.25) is 4.79 Å².